The number of benzene rings is 1. The molecule has 0 aliphatic rings. The van der Waals surface area contributed by atoms with Crippen molar-refractivity contribution in [2.24, 2.45) is 5.73 Å². The Morgan fingerprint density at radius 1 is 1.33 bits per heavy atom. The highest BCUT2D eigenvalue weighted by atomic mass is 19.1. The van der Waals surface area contributed by atoms with Gasteiger partial charge in [0.15, 0.2) is 6.17 Å². The van der Waals surface area contributed by atoms with Crippen molar-refractivity contribution in [1.82, 2.24) is 9.55 Å². The average Bonchev–Trinajstić information content (AvgIpc) is 2.78. The third-order valence-corrected chi connectivity index (χ3v) is 2.19. The Balaban J connectivity index is 2.41. The molecule has 4 heteroatoms. The quantitative estimate of drug-likeness (QED) is 0.830. The molecule has 0 aliphatic heterocycles. The molecule has 1 atom stereocenters. The molecular formula is C11H12FN3. The Morgan fingerprint density at radius 2 is 2.07 bits per heavy atom. The molecule has 2 aromatic rings. The molecule has 1 unspecified atom stereocenters. The second-order valence-corrected chi connectivity index (χ2v) is 3.19. The van der Waals surface area contributed by atoms with Crippen LogP contribution in [0.3, 0.4) is 0 Å². The van der Waals surface area contributed by atoms with E-state index in [1.807, 2.05) is 30.3 Å². The molecule has 15 heavy (non-hydrogen) atoms. The van der Waals surface area contributed by atoms with E-state index < -0.39 is 6.17 Å². The first-order valence-electron chi connectivity index (χ1n) is 4.75. The van der Waals surface area contributed by atoms with Gasteiger partial charge < -0.3 is 10.3 Å². The number of para-hydroxylation sites is 1. The van der Waals surface area contributed by atoms with Crippen LogP contribution in [0.5, 0.6) is 0 Å². The van der Waals surface area contributed by atoms with Crippen molar-refractivity contribution in [2.45, 2.75) is 6.17 Å². The van der Waals surface area contributed by atoms with Crippen molar-refractivity contribution in [3.63, 3.8) is 0 Å². The summed E-state index contributed by atoms with van der Waals surface area (Å²) in [6, 6.07) is 9.50. The van der Waals surface area contributed by atoms with E-state index in [0.29, 0.717) is 5.82 Å². The average molecular weight is 205 g/mol. The van der Waals surface area contributed by atoms with Crippen LogP contribution in [0.1, 0.15) is 12.0 Å². The van der Waals surface area contributed by atoms with Crippen LogP contribution in [0, 0.1) is 0 Å². The van der Waals surface area contributed by atoms with E-state index in [9.17, 15) is 4.39 Å². The van der Waals surface area contributed by atoms with Gasteiger partial charge >= 0.3 is 0 Å². The van der Waals surface area contributed by atoms with Gasteiger partial charge in [-0.05, 0) is 12.1 Å². The lowest BCUT2D eigenvalue weighted by Gasteiger charge is -2.09. The summed E-state index contributed by atoms with van der Waals surface area (Å²) in [5, 5.41) is 0. The highest BCUT2D eigenvalue weighted by Gasteiger charge is 2.14. The summed E-state index contributed by atoms with van der Waals surface area (Å²) >= 11 is 0. The van der Waals surface area contributed by atoms with E-state index in [1.54, 1.807) is 17.0 Å². The first-order valence-corrected chi connectivity index (χ1v) is 4.75. The molecule has 2 N–H and O–H groups in total. The molecule has 78 valence electrons. The van der Waals surface area contributed by atoms with Gasteiger partial charge in [0.2, 0.25) is 0 Å². The van der Waals surface area contributed by atoms with Crippen molar-refractivity contribution in [2.75, 3.05) is 6.54 Å². The first kappa shape index (κ1) is 9.86. The Morgan fingerprint density at radius 3 is 2.73 bits per heavy atom. The highest BCUT2D eigenvalue weighted by molar-refractivity contribution is 5.33. The molecule has 0 saturated carbocycles. The number of hydrogen-bond acceptors (Lipinski definition) is 2. The molecule has 0 radical (unpaired) electrons. The fourth-order valence-electron chi connectivity index (χ4n) is 1.46. The third kappa shape index (κ3) is 1.89. The topological polar surface area (TPSA) is 43.8 Å². The number of aromatic nitrogens is 2. The molecule has 0 amide bonds. The van der Waals surface area contributed by atoms with Crippen molar-refractivity contribution >= 4 is 0 Å². The summed E-state index contributed by atoms with van der Waals surface area (Å²) < 4.78 is 15.1. The maximum absolute atomic E-state index is 13.4. The molecule has 3 nitrogen and oxygen atoms in total. The Hall–Kier alpha value is -1.68. The molecule has 0 spiro atoms. The molecule has 1 aromatic heterocycles. The number of rotatable bonds is 3. The second-order valence-electron chi connectivity index (χ2n) is 3.19. The summed E-state index contributed by atoms with van der Waals surface area (Å²) in [6.45, 7) is -0.0517. The standard InChI is InChI=1S/C11H12FN3/c12-10(8-13)11-14-6-7-15(11)9-4-2-1-3-5-9/h1-7,10H,8,13H2. The van der Waals surface area contributed by atoms with Crippen LogP contribution in [-0.4, -0.2) is 16.1 Å². The largest absolute Gasteiger partial charge is 0.327 e. The zero-order chi connectivity index (χ0) is 10.7. The predicted molar refractivity (Wildman–Crippen MR) is 56.5 cm³/mol. The summed E-state index contributed by atoms with van der Waals surface area (Å²) in [5.74, 6) is 0.351. The number of hydrogen-bond donors (Lipinski definition) is 1. The van der Waals surface area contributed by atoms with Crippen molar-refractivity contribution in [3.8, 4) is 5.69 Å². The van der Waals surface area contributed by atoms with Crippen LogP contribution >= 0.6 is 0 Å². The van der Waals surface area contributed by atoms with Crippen LogP contribution in [0.4, 0.5) is 4.39 Å². The fourth-order valence-corrected chi connectivity index (χ4v) is 1.46. The number of nitrogens with zero attached hydrogens (tertiary/aromatic N) is 2. The minimum atomic E-state index is -1.22. The maximum atomic E-state index is 13.4. The van der Waals surface area contributed by atoms with Crippen LogP contribution < -0.4 is 5.73 Å². The maximum Gasteiger partial charge on any atom is 0.170 e. The van der Waals surface area contributed by atoms with E-state index >= 15 is 0 Å². The number of halogens is 1. The van der Waals surface area contributed by atoms with Gasteiger partial charge in [0.1, 0.15) is 5.82 Å². The third-order valence-electron chi connectivity index (χ3n) is 2.19. The van der Waals surface area contributed by atoms with Gasteiger partial charge in [-0.3, -0.25) is 0 Å². The normalized spacial score (nSPS) is 12.7. The molecule has 2 rings (SSSR count). The zero-order valence-electron chi connectivity index (χ0n) is 8.18. The van der Waals surface area contributed by atoms with Crippen molar-refractivity contribution < 1.29 is 4.39 Å². The number of alkyl halides is 1. The van der Waals surface area contributed by atoms with E-state index in [-0.39, 0.29) is 6.54 Å². The number of imidazole rings is 1. The first-order chi connectivity index (χ1) is 7.33. The second kappa shape index (κ2) is 4.23. The molecular weight excluding hydrogens is 193 g/mol. The van der Waals surface area contributed by atoms with Gasteiger partial charge in [-0.15, -0.1) is 0 Å². The zero-order valence-corrected chi connectivity index (χ0v) is 8.18. The summed E-state index contributed by atoms with van der Waals surface area (Å²) in [5.41, 5.74) is 6.17. The minimum absolute atomic E-state index is 0.0517. The van der Waals surface area contributed by atoms with E-state index in [2.05, 4.69) is 4.98 Å². The van der Waals surface area contributed by atoms with Crippen LogP contribution in [0.25, 0.3) is 5.69 Å². The van der Waals surface area contributed by atoms with Crippen LogP contribution in [0.2, 0.25) is 0 Å². The lowest BCUT2D eigenvalue weighted by atomic mass is 10.3. The lowest BCUT2D eigenvalue weighted by Crippen LogP contribution is -2.12. The van der Waals surface area contributed by atoms with Gasteiger partial charge in [0.05, 0.1) is 0 Å². The smallest absolute Gasteiger partial charge is 0.170 e. The van der Waals surface area contributed by atoms with Gasteiger partial charge in [-0.1, -0.05) is 18.2 Å². The molecule has 1 aromatic carbocycles. The Kier molecular flexibility index (Phi) is 2.78. The fraction of sp³-hybridized carbons (Fsp3) is 0.182. The van der Waals surface area contributed by atoms with E-state index in [0.717, 1.165) is 5.69 Å². The lowest BCUT2D eigenvalue weighted by molar-refractivity contribution is 0.333. The van der Waals surface area contributed by atoms with Gasteiger partial charge in [0, 0.05) is 24.6 Å². The molecule has 0 fully saturated rings. The van der Waals surface area contributed by atoms with Gasteiger partial charge in [0.25, 0.3) is 0 Å². The molecule has 0 bridgehead atoms. The SMILES string of the molecule is NCC(F)c1nccn1-c1ccccc1. The number of nitrogens with two attached hydrogens (primary N) is 1. The summed E-state index contributed by atoms with van der Waals surface area (Å²) in [4.78, 5) is 3.97. The minimum Gasteiger partial charge on any atom is -0.327 e. The van der Waals surface area contributed by atoms with E-state index in [4.69, 9.17) is 5.73 Å². The Bertz CT molecular complexity index is 424. The summed E-state index contributed by atoms with van der Waals surface area (Å²) in [6.07, 6.45) is 2.08. The summed E-state index contributed by atoms with van der Waals surface area (Å²) in [7, 11) is 0. The van der Waals surface area contributed by atoms with E-state index in [1.165, 1.54) is 0 Å². The molecule has 0 aliphatic carbocycles. The predicted octanol–water partition coefficient (Wildman–Crippen LogP) is 1.84. The van der Waals surface area contributed by atoms with Gasteiger partial charge in [-0.2, -0.15) is 0 Å². The van der Waals surface area contributed by atoms with Crippen molar-refractivity contribution in [3.05, 3.63) is 48.5 Å². The van der Waals surface area contributed by atoms with Crippen molar-refractivity contribution in [1.29, 1.82) is 0 Å². The van der Waals surface area contributed by atoms with Crippen LogP contribution in [-0.2, 0) is 0 Å². The highest BCUT2D eigenvalue weighted by Crippen LogP contribution is 2.18. The van der Waals surface area contributed by atoms with Crippen LogP contribution in [0.15, 0.2) is 42.7 Å². The molecule has 0 saturated heterocycles. The monoisotopic (exact) mass is 205 g/mol. The van der Waals surface area contributed by atoms with Gasteiger partial charge in [-0.25, -0.2) is 9.37 Å². The Labute approximate surface area is 87.4 Å². The molecule has 1 heterocycles.